The lowest BCUT2D eigenvalue weighted by molar-refractivity contribution is 0.0930. The Kier molecular flexibility index (Phi) is 3.30. The van der Waals surface area contributed by atoms with Gasteiger partial charge in [0.15, 0.2) is 5.82 Å². The number of amides is 1. The third-order valence-corrected chi connectivity index (χ3v) is 3.84. The van der Waals surface area contributed by atoms with E-state index in [0.717, 1.165) is 11.1 Å². The quantitative estimate of drug-likeness (QED) is 0.786. The Morgan fingerprint density at radius 2 is 2.29 bits per heavy atom. The predicted molar refractivity (Wildman–Crippen MR) is 83.4 cm³/mol. The van der Waals surface area contributed by atoms with Gasteiger partial charge in [-0.3, -0.25) is 9.48 Å². The minimum Gasteiger partial charge on any atom is -0.491 e. The van der Waals surface area contributed by atoms with Crippen molar-refractivity contribution in [2.75, 3.05) is 6.61 Å². The van der Waals surface area contributed by atoms with Crippen LogP contribution in [0.25, 0.3) is 11.5 Å². The first-order valence-corrected chi connectivity index (χ1v) is 7.47. The molecular weight excluding hydrogens is 310 g/mol. The summed E-state index contributed by atoms with van der Waals surface area (Å²) in [6, 6.07) is 5.43. The molecule has 8 heteroatoms. The molecule has 0 unspecified atom stereocenters. The average Bonchev–Trinajstić information content (AvgIpc) is 3.28. The average molecular weight is 325 g/mol. The van der Waals surface area contributed by atoms with E-state index in [4.69, 9.17) is 9.26 Å². The Morgan fingerprint density at radius 1 is 1.42 bits per heavy atom. The zero-order valence-corrected chi connectivity index (χ0v) is 13.2. The second-order valence-electron chi connectivity index (χ2n) is 5.64. The topological polar surface area (TPSA) is 95.1 Å². The van der Waals surface area contributed by atoms with Crippen molar-refractivity contribution in [3.8, 4) is 17.2 Å². The number of aryl methyl sites for hydroxylation is 2. The first-order chi connectivity index (χ1) is 11.6. The van der Waals surface area contributed by atoms with Crippen LogP contribution in [0.1, 0.15) is 27.8 Å². The molecule has 0 radical (unpaired) electrons. The van der Waals surface area contributed by atoms with Gasteiger partial charge in [-0.05, 0) is 19.1 Å². The molecule has 4 rings (SSSR count). The fraction of sp³-hybridized carbons (Fsp3) is 0.250. The molecule has 0 saturated carbocycles. The number of fused-ring (bicyclic) bond motifs is 1. The summed E-state index contributed by atoms with van der Waals surface area (Å²) < 4.78 is 12.5. The molecule has 1 aromatic carbocycles. The van der Waals surface area contributed by atoms with E-state index in [-0.39, 0.29) is 11.9 Å². The SMILES string of the molecule is Cc1noc(-c2ccc3c(c2)OC[C@H]3NC(=O)c2cnn(C)c2)n1. The second-order valence-corrected chi connectivity index (χ2v) is 5.64. The molecule has 122 valence electrons. The van der Waals surface area contributed by atoms with Gasteiger partial charge in [-0.2, -0.15) is 10.1 Å². The van der Waals surface area contributed by atoms with Crippen LogP contribution in [-0.4, -0.2) is 32.4 Å². The van der Waals surface area contributed by atoms with Crippen molar-refractivity contribution in [1.29, 1.82) is 0 Å². The van der Waals surface area contributed by atoms with Gasteiger partial charge in [0.25, 0.3) is 11.8 Å². The molecule has 0 aliphatic carbocycles. The maximum absolute atomic E-state index is 12.3. The third-order valence-electron chi connectivity index (χ3n) is 3.84. The summed E-state index contributed by atoms with van der Waals surface area (Å²) in [7, 11) is 1.77. The molecule has 0 spiro atoms. The van der Waals surface area contributed by atoms with Crippen LogP contribution in [0, 0.1) is 6.92 Å². The van der Waals surface area contributed by atoms with Gasteiger partial charge in [0.05, 0.1) is 17.8 Å². The largest absolute Gasteiger partial charge is 0.491 e. The Hall–Kier alpha value is -3.16. The standard InChI is InChI=1S/C16H15N5O3/c1-9-18-16(24-20-9)10-3-4-12-13(8-23-14(12)5-10)19-15(22)11-6-17-21(2)7-11/h3-7,13H,8H2,1-2H3,(H,19,22)/t13-/m1/s1. The molecule has 24 heavy (non-hydrogen) atoms. The molecule has 2 aromatic heterocycles. The third kappa shape index (κ3) is 2.51. The highest BCUT2D eigenvalue weighted by Crippen LogP contribution is 2.35. The zero-order valence-electron chi connectivity index (χ0n) is 13.2. The molecule has 3 aromatic rings. The normalized spacial score (nSPS) is 15.8. The smallest absolute Gasteiger partial charge is 0.258 e. The van der Waals surface area contributed by atoms with E-state index in [1.165, 1.54) is 6.20 Å². The molecule has 0 bridgehead atoms. The number of carbonyl (C=O) groups excluding carboxylic acids is 1. The van der Waals surface area contributed by atoms with E-state index < -0.39 is 0 Å². The van der Waals surface area contributed by atoms with Gasteiger partial charge in [-0.1, -0.05) is 11.2 Å². The number of rotatable bonds is 3. The molecule has 1 N–H and O–H groups in total. The predicted octanol–water partition coefficient (Wildman–Crippen LogP) is 1.64. The molecule has 0 saturated heterocycles. The zero-order chi connectivity index (χ0) is 16.7. The summed E-state index contributed by atoms with van der Waals surface area (Å²) in [6.45, 7) is 2.15. The van der Waals surface area contributed by atoms with Crippen LogP contribution in [0.3, 0.4) is 0 Å². The van der Waals surface area contributed by atoms with Crippen molar-refractivity contribution >= 4 is 5.91 Å². The van der Waals surface area contributed by atoms with Gasteiger partial charge in [-0.25, -0.2) is 0 Å². The summed E-state index contributed by atoms with van der Waals surface area (Å²) in [5.74, 6) is 1.55. The van der Waals surface area contributed by atoms with Gasteiger partial charge >= 0.3 is 0 Å². The highest BCUT2D eigenvalue weighted by atomic mass is 16.5. The van der Waals surface area contributed by atoms with Crippen molar-refractivity contribution in [3.05, 3.63) is 47.5 Å². The van der Waals surface area contributed by atoms with Crippen LogP contribution in [0.5, 0.6) is 5.75 Å². The molecule has 1 aliphatic rings. The fourth-order valence-electron chi connectivity index (χ4n) is 2.66. The van der Waals surface area contributed by atoms with E-state index in [9.17, 15) is 4.79 Å². The lowest BCUT2D eigenvalue weighted by Crippen LogP contribution is -2.29. The van der Waals surface area contributed by atoms with Crippen LogP contribution in [0.2, 0.25) is 0 Å². The number of hydrogen-bond donors (Lipinski definition) is 1. The lowest BCUT2D eigenvalue weighted by atomic mass is 10.1. The maximum atomic E-state index is 12.3. The second kappa shape index (κ2) is 5.48. The number of ether oxygens (including phenoxy) is 1. The molecule has 3 heterocycles. The molecule has 0 fully saturated rings. The number of nitrogens with one attached hydrogen (secondary N) is 1. The Bertz CT molecular complexity index is 914. The van der Waals surface area contributed by atoms with E-state index in [2.05, 4.69) is 20.6 Å². The minimum atomic E-state index is -0.203. The molecule has 1 amide bonds. The first-order valence-electron chi connectivity index (χ1n) is 7.47. The number of hydrogen-bond acceptors (Lipinski definition) is 6. The number of nitrogens with zero attached hydrogens (tertiary/aromatic N) is 4. The summed E-state index contributed by atoms with van der Waals surface area (Å²) in [4.78, 5) is 16.5. The highest BCUT2D eigenvalue weighted by molar-refractivity contribution is 5.94. The Morgan fingerprint density at radius 3 is 3.00 bits per heavy atom. The monoisotopic (exact) mass is 325 g/mol. The number of benzene rings is 1. The van der Waals surface area contributed by atoms with Crippen molar-refractivity contribution in [1.82, 2.24) is 25.2 Å². The first kappa shape index (κ1) is 14.4. The van der Waals surface area contributed by atoms with E-state index in [0.29, 0.717) is 29.6 Å². The van der Waals surface area contributed by atoms with Crippen LogP contribution >= 0.6 is 0 Å². The van der Waals surface area contributed by atoms with Crippen molar-refractivity contribution < 1.29 is 14.1 Å². The summed E-state index contributed by atoms with van der Waals surface area (Å²) in [5.41, 5.74) is 2.23. The molecule has 1 atom stereocenters. The van der Waals surface area contributed by atoms with Gasteiger partial charge in [0, 0.05) is 24.4 Å². The summed E-state index contributed by atoms with van der Waals surface area (Å²) in [6.07, 6.45) is 3.21. The maximum Gasteiger partial charge on any atom is 0.258 e. The molecular formula is C16H15N5O3. The van der Waals surface area contributed by atoms with Gasteiger partial charge < -0.3 is 14.6 Å². The van der Waals surface area contributed by atoms with Crippen LogP contribution in [-0.2, 0) is 7.05 Å². The van der Waals surface area contributed by atoms with E-state index in [1.807, 2.05) is 18.2 Å². The summed E-state index contributed by atoms with van der Waals surface area (Å²) >= 11 is 0. The molecule has 1 aliphatic heterocycles. The lowest BCUT2D eigenvalue weighted by Gasteiger charge is -2.10. The highest BCUT2D eigenvalue weighted by Gasteiger charge is 2.27. The van der Waals surface area contributed by atoms with Crippen LogP contribution in [0.15, 0.2) is 35.1 Å². The van der Waals surface area contributed by atoms with Gasteiger partial charge in [0.2, 0.25) is 0 Å². The van der Waals surface area contributed by atoms with E-state index in [1.54, 1.807) is 24.9 Å². The number of aromatic nitrogens is 4. The van der Waals surface area contributed by atoms with Gasteiger partial charge in [0.1, 0.15) is 12.4 Å². The van der Waals surface area contributed by atoms with E-state index >= 15 is 0 Å². The Labute approximate surface area is 137 Å². The van der Waals surface area contributed by atoms with Crippen molar-refractivity contribution in [2.24, 2.45) is 7.05 Å². The van der Waals surface area contributed by atoms with Crippen molar-refractivity contribution in [3.63, 3.8) is 0 Å². The van der Waals surface area contributed by atoms with Crippen LogP contribution < -0.4 is 10.1 Å². The Balaban J connectivity index is 1.55. The van der Waals surface area contributed by atoms with Gasteiger partial charge in [-0.15, -0.1) is 0 Å². The minimum absolute atomic E-state index is 0.179. The molecule has 8 nitrogen and oxygen atoms in total. The van der Waals surface area contributed by atoms with Crippen molar-refractivity contribution in [2.45, 2.75) is 13.0 Å². The number of carbonyl (C=O) groups is 1. The fourth-order valence-corrected chi connectivity index (χ4v) is 2.66. The summed E-state index contributed by atoms with van der Waals surface area (Å²) in [5, 5.41) is 10.7. The van der Waals surface area contributed by atoms with Crippen LogP contribution in [0.4, 0.5) is 0 Å².